The van der Waals surface area contributed by atoms with E-state index >= 15 is 0 Å². The second kappa shape index (κ2) is 10.9. The van der Waals surface area contributed by atoms with Gasteiger partial charge in [-0.3, -0.25) is 4.79 Å². The van der Waals surface area contributed by atoms with Crippen molar-refractivity contribution in [3.8, 4) is 16.9 Å². The van der Waals surface area contributed by atoms with Gasteiger partial charge < -0.3 is 26.6 Å². The number of rotatable bonds is 10. The Balaban J connectivity index is 1.42. The molecule has 0 radical (unpaired) electrons. The first kappa shape index (κ1) is 24.0. The molecule has 6 heteroatoms. The van der Waals surface area contributed by atoms with Gasteiger partial charge in [-0.15, -0.1) is 0 Å². The fraction of sp³-hybridized carbons (Fsp3) is 0.138. The normalized spacial score (nSPS) is 12.5. The Morgan fingerprint density at radius 3 is 2.29 bits per heavy atom. The minimum Gasteiger partial charge on any atom is -0.506 e. The maximum atomic E-state index is 11.2. The Morgan fingerprint density at radius 1 is 0.829 bits per heavy atom. The van der Waals surface area contributed by atoms with Gasteiger partial charge in [0, 0.05) is 17.9 Å². The average Bonchev–Trinajstić information content (AvgIpc) is 2.90. The first-order valence-electron chi connectivity index (χ1n) is 11.5. The van der Waals surface area contributed by atoms with Crippen LogP contribution in [0.1, 0.15) is 17.5 Å². The zero-order valence-corrected chi connectivity index (χ0v) is 19.3. The maximum absolute atomic E-state index is 11.2. The number of nitrogens with two attached hydrogens (primary N) is 1. The van der Waals surface area contributed by atoms with E-state index in [4.69, 9.17) is 5.73 Å². The summed E-state index contributed by atoms with van der Waals surface area (Å²) in [7, 11) is 0. The van der Waals surface area contributed by atoms with Crippen LogP contribution in [0, 0.1) is 0 Å². The molecule has 1 atom stereocenters. The minimum atomic E-state index is -1.29. The number of carbonyl (C=O) groups is 1. The standard InChI is InChI=1S/C29H29N3O3/c30-19-29(35,24-11-14-28(34)27(18-24)31-20-33)16-15-21-9-12-25(13-10-21)32-26-8-4-7-23(17-26)22-5-2-1-3-6-22/h1-14,17-18,20,32,34-35H,15-16,19,30H2,(H,31,33). The summed E-state index contributed by atoms with van der Waals surface area (Å²) in [5, 5.41) is 26.9. The molecule has 1 amide bonds. The fourth-order valence-electron chi connectivity index (χ4n) is 4.05. The van der Waals surface area contributed by atoms with Crippen molar-refractivity contribution in [2.45, 2.75) is 18.4 Å². The Hall–Kier alpha value is -4.13. The van der Waals surface area contributed by atoms with Crippen molar-refractivity contribution in [1.82, 2.24) is 0 Å². The van der Waals surface area contributed by atoms with Crippen LogP contribution < -0.4 is 16.4 Å². The van der Waals surface area contributed by atoms with Crippen LogP contribution in [0.4, 0.5) is 17.1 Å². The van der Waals surface area contributed by atoms with Crippen LogP contribution in [0.2, 0.25) is 0 Å². The number of amides is 1. The molecule has 0 aliphatic heterocycles. The average molecular weight is 468 g/mol. The van der Waals surface area contributed by atoms with Crippen molar-refractivity contribution in [1.29, 1.82) is 0 Å². The summed E-state index contributed by atoms with van der Waals surface area (Å²) in [5.74, 6) is -0.0717. The van der Waals surface area contributed by atoms with Crippen LogP contribution in [0.15, 0.2) is 97.1 Å². The number of nitrogens with one attached hydrogen (secondary N) is 2. The van der Waals surface area contributed by atoms with Crippen molar-refractivity contribution in [3.05, 3.63) is 108 Å². The lowest BCUT2D eigenvalue weighted by molar-refractivity contribution is -0.105. The third kappa shape index (κ3) is 5.87. The highest BCUT2D eigenvalue weighted by Gasteiger charge is 2.28. The number of aryl methyl sites for hydroxylation is 1. The number of anilines is 3. The molecule has 4 aromatic carbocycles. The van der Waals surface area contributed by atoms with E-state index in [0.717, 1.165) is 22.5 Å². The van der Waals surface area contributed by atoms with E-state index in [1.54, 1.807) is 12.1 Å². The lowest BCUT2D eigenvalue weighted by Crippen LogP contribution is -2.35. The van der Waals surface area contributed by atoms with Crippen molar-refractivity contribution < 1.29 is 15.0 Å². The van der Waals surface area contributed by atoms with Gasteiger partial charge in [0.25, 0.3) is 0 Å². The molecule has 0 heterocycles. The number of hydrogen-bond acceptors (Lipinski definition) is 5. The predicted octanol–water partition coefficient (Wildman–Crippen LogP) is 5.15. The van der Waals surface area contributed by atoms with Crippen molar-refractivity contribution in [2.75, 3.05) is 17.2 Å². The van der Waals surface area contributed by atoms with Gasteiger partial charge in [-0.1, -0.05) is 60.7 Å². The third-order valence-electron chi connectivity index (χ3n) is 6.13. The number of hydrogen-bond donors (Lipinski definition) is 5. The van der Waals surface area contributed by atoms with E-state index in [9.17, 15) is 15.0 Å². The van der Waals surface area contributed by atoms with Gasteiger partial charge in [0.05, 0.1) is 5.69 Å². The molecular formula is C29H29N3O3. The van der Waals surface area contributed by atoms with Crippen LogP contribution in [0.5, 0.6) is 5.75 Å². The summed E-state index contributed by atoms with van der Waals surface area (Å²) in [4.78, 5) is 10.8. The molecule has 0 saturated heterocycles. The van der Waals surface area contributed by atoms with Crippen molar-refractivity contribution in [3.63, 3.8) is 0 Å². The highest BCUT2D eigenvalue weighted by molar-refractivity contribution is 5.75. The zero-order valence-electron chi connectivity index (χ0n) is 19.3. The summed E-state index contributed by atoms with van der Waals surface area (Å²) in [5.41, 5.74) is 10.7. The van der Waals surface area contributed by atoms with Gasteiger partial charge in [0.2, 0.25) is 6.41 Å². The molecule has 4 rings (SSSR count). The lowest BCUT2D eigenvalue weighted by Gasteiger charge is -2.28. The van der Waals surface area contributed by atoms with Crippen molar-refractivity contribution >= 4 is 23.5 Å². The summed E-state index contributed by atoms with van der Waals surface area (Å²) < 4.78 is 0. The molecule has 0 fully saturated rings. The van der Waals surface area contributed by atoms with Gasteiger partial charge in [0.15, 0.2) is 0 Å². The summed E-state index contributed by atoms with van der Waals surface area (Å²) >= 11 is 0. The molecule has 0 aromatic heterocycles. The van der Waals surface area contributed by atoms with E-state index in [-0.39, 0.29) is 18.0 Å². The van der Waals surface area contributed by atoms with Crippen LogP contribution in [0.3, 0.4) is 0 Å². The maximum Gasteiger partial charge on any atom is 0.211 e. The van der Waals surface area contributed by atoms with Crippen LogP contribution in [-0.2, 0) is 16.8 Å². The smallest absolute Gasteiger partial charge is 0.211 e. The Kier molecular flexibility index (Phi) is 7.45. The zero-order chi connectivity index (χ0) is 24.7. The molecule has 35 heavy (non-hydrogen) atoms. The molecular weight excluding hydrogens is 438 g/mol. The second-order valence-electron chi connectivity index (χ2n) is 8.50. The lowest BCUT2D eigenvalue weighted by atomic mass is 9.87. The van der Waals surface area contributed by atoms with Crippen LogP contribution in [-0.4, -0.2) is 23.2 Å². The van der Waals surface area contributed by atoms with Crippen LogP contribution in [0.25, 0.3) is 11.1 Å². The molecule has 6 N–H and O–H groups in total. The highest BCUT2D eigenvalue weighted by Crippen LogP contribution is 2.32. The van der Waals surface area contributed by atoms with Gasteiger partial charge in [-0.25, -0.2) is 0 Å². The predicted molar refractivity (Wildman–Crippen MR) is 141 cm³/mol. The molecule has 0 aliphatic rings. The summed E-state index contributed by atoms with van der Waals surface area (Å²) in [6.45, 7) is 0.00962. The van der Waals surface area contributed by atoms with E-state index in [2.05, 4.69) is 34.9 Å². The molecule has 4 aromatic rings. The number of benzene rings is 4. The number of aromatic hydroxyl groups is 1. The largest absolute Gasteiger partial charge is 0.506 e. The number of phenols is 1. The highest BCUT2D eigenvalue weighted by atomic mass is 16.3. The number of carbonyl (C=O) groups excluding carboxylic acids is 1. The van der Waals surface area contributed by atoms with E-state index in [0.29, 0.717) is 24.8 Å². The van der Waals surface area contributed by atoms with Gasteiger partial charge in [0.1, 0.15) is 11.4 Å². The molecule has 0 saturated carbocycles. The number of aliphatic hydroxyl groups is 1. The molecule has 178 valence electrons. The Morgan fingerprint density at radius 2 is 1.57 bits per heavy atom. The van der Waals surface area contributed by atoms with E-state index < -0.39 is 5.60 Å². The first-order chi connectivity index (χ1) is 17.0. The van der Waals surface area contributed by atoms with Gasteiger partial charge in [-0.2, -0.15) is 0 Å². The molecule has 0 bridgehead atoms. The third-order valence-corrected chi connectivity index (χ3v) is 6.13. The minimum absolute atomic E-state index is 0.00962. The van der Waals surface area contributed by atoms with Crippen LogP contribution >= 0.6 is 0 Å². The second-order valence-corrected chi connectivity index (χ2v) is 8.50. The summed E-state index contributed by atoms with van der Waals surface area (Å²) in [6, 6.07) is 31.2. The van der Waals surface area contributed by atoms with Gasteiger partial charge in [-0.05, 0) is 71.5 Å². The number of phenolic OH excluding ortho intramolecular Hbond substituents is 1. The molecule has 0 aliphatic carbocycles. The van der Waals surface area contributed by atoms with E-state index in [1.165, 1.54) is 11.6 Å². The quantitative estimate of drug-likeness (QED) is 0.164. The van der Waals surface area contributed by atoms with Gasteiger partial charge >= 0.3 is 0 Å². The molecule has 0 spiro atoms. The van der Waals surface area contributed by atoms with E-state index in [1.807, 2.05) is 54.6 Å². The molecule has 6 nitrogen and oxygen atoms in total. The first-order valence-corrected chi connectivity index (χ1v) is 11.5. The Bertz CT molecular complexity index is 1280. The summed E-state index contributed by atoms with van der Waals surface area (Å²) in [6.07, 6.45) is 1.48. The Labute approximate surface area is 205 Å². The topological polar surface area (TPSA) is 108 Å². The van der Waals surface area contributed by atoms with Crippen molar-refractivity contribution in [2.24, 2.45) is 5.73 Å². The monoisotopic (exact) mass is 467 g/mol. The molecule has 1 unspecified atom stereocenters. The fourth-order valence-corrected chi connectivity index (χ4v) is 4.05. The SMILES string of the molecule is NCC(O)(CCc1ccc(Nc2cccc(-c3ccccc3)c2)cc1)c1ccc(O)c(NC=O)c1.